The van der Waals surface area contributed by atoms with Crippen LogP contribution in [0.2, 0.25) is 0 Å². The Labute approximate surface area is 105 Å². The summed E-state index contributed by atoms with van der Waals surface area (Å²) in [5.74, 6) is 4.00. The summed E-state index contributed by atoms with van der Waals surface area (Å²) in [5, 5.41) is 10.3. The Kier molecular flexibility index (Phi) is 2.38. The minimum absolute atomic E-state index is 0.0266. The molecule has 0 spiro atoms. The molecule has 1 nitrogen and oxygen atoms in total. The Hall–Kier alpha value is -0.0400. The van der Waals surface area contributed by atoms with Gasteiger partial charge in [0.15, 0.2) is 0 Å². The fraction of sp³-hybridized carbons (Fsp3) is 1.00. The summed E-state index contributed by atoms with van der Waals surface area (Å²) in [6, 6.07) is 0. The quantitative estimate of drug-likeness (QED) is 0.785. The first-order valence-corrected chi connectivity index (χ1v) is 7.89. The van der Waals surface area contributed by atoms with Gasteiger partial charge in [-0.2, -0.15) is 0 Å². The molecule has 0 radical (unpaired) electrons. The van der Waals surface area contributed by atoms with Gasteiger partial charge in [-0.05, 0) is 80.5 Å². The average Bonchev–Trinajstić information content (AvgIpc) is 2.97. The van der Waals surface area contributed by atoms with Gasteiger partial charge in [0.1, 0.15) is 0 Å². The monoisotopic (exact) mass is 234 g/mol. The highest BCUT2D eigenvalue weighted by Gasteiger charge is 2.51. The Morgan fingerprint density at radius 3 is 1.94 bits per heavy atom. The smallest absolute Gasteiger partial charge is 0.0548 e. The molecule has 1 unspecified atom stereocenters. The van der Waals surface area contributed by atoms with Crippen LogP contribution in [0.3, 0.4) is 0 Å². The molecule has 0 aromatic heterocycles. The molecular weight excluding hydrogens is 208 g/mol. The fourth-order valence-corrected chi connectivity index (χ4v) is 5.86. The maximum Gasteiger partial charge on any atom is 0.0548 e. The van der Waals surface area contributed by atoms with Crippen LogP contribution in [-0.2, 0) is 0 Å². The molecule has 4 bridgehead atoms. The lowest BCUT2D eigenvalue weighted by Crippen LogP contribution is -2.47. The topological polar surface area (TPSA) is 20.2 Å². The van der Waals surface area contributed by atoms with Crippen molar-refractivity contribution in [1.82, 2.24) is 0 Å². The number of rotatable bonds is 4. The maximum atomic E-state index is 10.3. The number of aliphatic hydroxyl groups is 1. The largest absolute Gasteiger partial charge is 0.393 e. The van der Waals surface area contributed by atoms with Crippen molar-refractivity contribution in [1.29, 1.82) is 0 Å². The molecule has 0 aliphatic heterocycles. The van der Waals surface area contributed by atoms with E-state index in [4.69, 9.17) is 0 Å². The highest BCUT2D eigenvalue weighted by molar-refractivity contribution is 5.02. The Bertz CT molecular complexity index is 269. The first-order chi connectivity index (χ1) is 8.21. The summed E-state index contributed by atoms with van der Waals surface area (Å²) in [6.07, 6.45) is 14.0. The van der Waals surface area contributed by atoms with E-state index in [1.807, 2.05) is 0 Å². The Balaban J connectivity index is 1.44. The van der Waals surface area contributed by atoms with E-state index in [2.05, 4.69) is 0 Å². The van der Waals surface area contributed by atoms with E-state index in [0.29, 0.717) is 5.41 Å². The molecule has 1 heteroatoms. The maximum absolute atomic E-state index is 10.3. The molecule has 0 aromatic carbocycles. The van der Waals surface area contributed by atoms with Crippen molar-refractivity contribution >= 4 is 0 Å². The normalized spacial score (nSPS) is 49.6. The molecule has 0 saturated heterocycles. The van der Waals surface area contributed by atoms with Gasteiger partial charge in [0.2, 0.25) is 0 Å². The van der Waals surface area contributed by atoms with Gasteiger partial charge in [0, 0.05) is 0 Å². The second-order valence-corrected chi connectivity index (χ2v) is 7.95. The predicted octanol–water partition coefficient (Wildman–Crippen LogP) is 3.75. The van der Waals surface area contributed by atoms with Crippen LogP contribution in [0.15, 0.2) is 0 Å². The highest BCUT2D eigenvalue weighted by Crippen LogP contribution is 2.61. The van der Waals surface area contributed by atoms with E-state index in [1.165, 1.54) is 51.4 Å². The van der Waals surface area contributed by atoms with E-state index >= 15 is 0 Å². The van der Waals surface area contributed by atoms with Crippen molar-refractivity contribution in [3.05, 3.63) is 0 Å². The Morgan fingerprint density at radius 2 is 1.47 bits per heavy atom. The first kappa shape index (κ1) is 10.8. The van der Waals surface area contributed by atoms with Gasteiger partial charge in [0.05, 0.1) is 6.10 Å². The van der Waals surface area contributed by atoms with Gasteiger partial charge in [-0.1, -0.05) is 12.8 Å². The number of hydrogen-bond donors (Lipinski definition) is 1. The van der Waals surface area contributed by atoms with Crippen LogP contribution in [-0.4, -0.2) is 11.2 Å². The van der Waals surface area contributed by atoms with Crippen LogP contribution in [0.5, 0.6) is 0 Å². The fourth-order valence-electron chi connectivity index (χ4n) is 5.86. The second kappa shape index (κ2) is 3.73. The summed E-state index contributed by atoms with van der Waals surface area (Å²) < 4.78 is 0. The summed E-state index contributed by atoms with van der Waals surface area (Å²) in [7, 11) is 0. The zero-order chi connectivity index (χ0) is 11.5. The van der Waals surface area contributed by atoms with Crippen molar-refractivity contribution < 1.29 is 5.11 Å². The lowest BCUT2D eigenvalue weighted by molar-refractivity contribution is -0.0771. The first-order valence-electron chi connectivity index (χ1n) is 7.89. The molecule has 5 aliphatic rings. The van der Waals surface area contributed by atoms with Gasteiger partial charge >= 0.3 is 0 Å². The van der Waals surface area contributed by atoms with Crippen LogP contribution in [0.25, 0.3) is 0 Å². The highest BCUT2D eigenvalue weighted by atomic mass is 16.3. The molecule has 0 heterocycles. The standard InChI is InChI=1S/C16H26O/c17-15(6-11-1-2-11)10-16-7-12-3-13(8-16)5-14(4-12)9-16/h11-15,17H,1-10H2. The third kappa shape index (κ3) is 2.05. The minimum atomic E-state index is 0.0266. The van der Waals surface area contributed by atoms with Gasteiger partial charge < -0.3 is 5.11 Å². The third-order valence-electron chi connectivity index (χ3n) is 6.14. The second-order valence-electron chi connectivity index (χ2n) is 7.95. The average molecular weight is 234 g/mol. The SMILES string of the molecule is OC(CC1CC1)CC12CC3CC(CC(C3)C1)C2. The van der Waals surface area contributed by atoms with Crippen molar-refractivity contribution in [2.24, 2.45) is 29.1 Å². The van der Waals surface area contributed by atoms with E-state index in [1.54, 1.807) is 0 Å². The van der Waals surface area contributed by atoms with Gasteiger partial charge in [-0.25, -0.2) is 0 Å². The van der Waals surface area contributed by atoms with Crippen molar-refractivity contribution in [2.75, 3.05) is 0 Å². The van der Waals surface area contributed by atoms with E-state index in [-0.39, 0.29) is 6.10 Å². The van der Waals surface area contributed by atoms with Crippen LogP contribution >= 0.6 is 0 Å². The molecule has 5 saturated carbocycles. The number of hydrogen-bond acceptors (Lipinski definition) is 1. The lowest BCUT2D eigenvalue weighted by Gasteiger charge is -2.57. The van der Waals surface area contributed by atoms with Crippen LogP contribution in [0.1, 0.15) is 64.2 Å². The summed E-state index contributed by atoms with van der Waals surface area (Å²) in [4.78, 5) is 0. The third-order valence-corrected chi connectivity index (χ3v) is 6.14. The zero-order valence-corrected chi connectivity index (χ0v) is 10.9. The molecule has 1 atom stereocenters. The Morgan fingerprint density at radius 1 is 0.941 bits per heavy atom. The molecule has 0 aromatic rings. The van der Waals surface area contributed by atoms with Crippen molar-refractivity contribution in [3.63, 3.8) is 0 Å². The molecule has 0 amide bonds. The lowest BCUT2D eigenvalue weighted by atomic mass is 9.48. The minimum Gasteiger partial charge on any atom is -0.393 e. The zero-order valence-electron chi connectivity index (χ0n) is 10.9. The van der Waals surface area contributed by atoms with Gasteiger partial charge in [-0.15, -0.1) is 0 Å². The molecule has 5 aliphatic carbocycles. The van der Waals surface area contributed by atoms with E-state index in [0.717, 1.165) is 36.5 Å². The molecule has 17 heavy (non-hydrogen) atoms. The van der Waals surface area contributed by atoms with Crippen molar-refractivity contribution in [3.8, 4) is 0 Å². The van der Waals surface area contributed by atoms with Gasteiger partial charge in [-0.3, -0.25) is 0 Å². The predicted molar refractivity (Wildman–Crippen MR) is 68.6 cm³/mol. The summed E-state index contributed by atoms with van der Waals surface area (Å²) in [5.41, 5.74) is 0.586. The molecule has 1 N–H and O–H groups in total. The van der Waals surface area contributed by atoms with Gasteiger partial charge in [0.25, 0.3) is 0 Å². The molecule has 96 valence electrons. The van der Waals surface area contributed by atoms with Crippen LogP contribution in [0.4, 0.5) is 0 Å². The summed E-state index contributed by atoms with van der Waals surface area (Å²) in [6.45, 7) is 0. The van der Waals surface area contributed by atoms with Crippen LogP contribution < -0.4 is 0 Å². The molecular formula is C16H26O. The molecule has 5 rings (SSSR count). The van der Waals surface area contributed by atoms with E-state index < -0.39 is 0 Å². The van der Waals surface area contributed by atoms with Crippen molar-refractivity contribution in [2.45, 2.75) is 70.3 Å². The van der Waals surface area contributed by atoms with Crippen LogP contribution in [0, 0.1) is 29.1 Å². The number of aliphatic hydroxyl groups excluding tert-OH is 1. The summed E-state index contributed by atoms with van der Waals surface area (Å²) >= 11 is 0. The van der Waals surface area contributed by atoms with E-state index in [9.17, 15) is 5.11 Å². The molecule has 5 fully saturated rings.